The highest BCUT2D eigenvalue weighted by Crippen LogP contribution is 2.42. The Hall–Kier alpha value is -2.23. The lowest BCUT2D eigenvalue weighted by atomic mass is 9.74. The van der Waals surface area contributed by atoms with Gasteiger partial charge in [0.05, 0.1) is 6.61 Å². The average Bonchev–Trinajstić information content (AvgIpc) is 3.26. The summed E-state index contributed by atoms with van der Waals surface area (Å²) >= 11 is 0. The van der Waals surface area contributed by atoms with E-state index in [1.54, 1.807) is 0 Å². The quantitative estimate of drug-likeness (QED) is 0.708. The first-order valence-electron chi connectivity index (χ1n) is 12.5. The topological polar surface area (TPSA) is 59.8 Å². The normalized spacial score (nSPS) is 27.5. The second-order valence-corrected chi connectivity index (χ2v) is 9.99. The lowest BCUT2D eigenvalue weighted by Crippen LogP contribution is -2.67. The number of aromatic nitrogens is 1. The number of benzene rings is 1. The fourth-order valence-electron chi connectivity index (χ4n) is 5.96. The zero-order valence-electron chi connectivity index (χ0n) is 19.4. The summed E-state index contributed by atoms with van der Waals surface area (Å²) in [4.78, 5) is 9.24. The maximum Gasteiger partial charge on any atom is 0.125 e. The van der Waals surface area contributed by atoms with Gasteiger partial charge in [0.1, 0.15) is 5.60 Å². The number of pyridine rings is 1. The SMILES string of the molecule is OC[C@H]1[C@@H](c2ccc(C#CC3(O)CCCC3)cc2)[C@H]2CN(Cc3ccncc3)CCCCN21. The molecule has 0 amide bonds. The molecule has 3 atom stereocenters. The van der Waals surface area contributed by atoms with Crippen LogP contribution in [0, 0.1) is 11.8 Å². The van der Waals surface area contributed by atoms with E-state index in [-0.39, 0.29) is 12.6 Å². The minimum Gasteiger partial charge on any atom is -0.395 e. The van der Waals surface area contributed by atoms with E-state index in [1.807, 2.05) is 12.4 Å². The van der Waals surface area contributed by atoms with Crippen molar-refractivity contribution < 1.29 is 10.2 Å². The summed E-state index contributed by atoms with van der Waals surface area (Å²) in [6, 6.07) is 13.3. The second kappa shape index (κ2) is 9.95. The third-order valence-corrected chi connectivity index (χ3v) is 7.78. The van der Waals surface area contributed by atoms with Gasteiger partial charge in [0, 0.05) is 49.0 Å². The van der Waals surface area contributed by atoms with E-state index in [0.29, 0.717) is 12.0 Å². The molecule has 174 valence electrons. The fraction of sp³-hybridized carbons (Fsp3) is 0.536. The summed E-state index contributed by atoms with van der Waals surface area (Å²) in [5.41, 5.74) is 2.74. The van der Waals surface area contributed by atoms with Crippen molar-refractivity contribution in [1.29, 1.82) is 0 Å². The third-order valence-electron chi connectivity index (χ3n) is 7.78. The molecule has 5 heteroatoms. The molecule has 1 aliphatic carbocycles. The third kappa shape index (κ3) is 5.00. The summed E-state index contributed by atoms with van der Waals surface area (Å²) in [6.07, 6.45) is 9.79. The molecule has 5 rings (SSSR count). The molecule has 1 aromatic carbocycles. The van der Waals surface area contributed by atoms with Crippen LogP contribution in [0.25, 0.3) is 0 Å². The number of fused-ring (bicyclic) bond motifs is 1. The van der Waals surface area contributed by atoms with Gasteiger partial charge in [0.15, 0.2) is 0 Å². The number of hydrogen-bond acceptors (Lipinski definition) is 5. The van der Waals surface area contributed by atoms with Crippen molar-refractivity contribution >= 4 is 0 Å². The van der Waals surface area contributed by atoms with E-state index in [1.165, 1.54) is 24.0 Å². The van der Waals surface area contributed by atoms with E-state index in [4.69, 9.17) is 0 Å². The van der Waals surface area contributed by atoms with E-state index < -0.39 is 5.60 Å². The Morgan fingerprint density at radius 3 is 2.42 bits per heavy atom. The summed E-state index contributed by atoms with van der Waals surface area (Å²) in [7, 11) is 0. The van der Waals surface area contributed by atoms with Crippen molar-refractivity contribution in [3.05, 3.63) is 65.5 Å². The summed E-state index contributed by atoms with van der Waals surface area (Å²) in [5, 5.41) is 20.7. The Balaban J connectivity index is 1.31. The van der Waals surface area contributed by atoms with Crippen LogP contribution < -0.4 is 0 Å². The predicted octanol–water partition coefficient (Wildman–Crippen LogP) is 3.16. The molecule has 2 aromatic rings. The smallest absolute Gasteiger partial charge is 0.125 e. The van der Waals surface area contributed by atoms with Crippen LogP contribution in [0.5, 0.6) is 0 Å². The molecule has 33 heavy (non-hydrogen) atoms. The second-order valence-electron chi connectivity index (χ2n) is 9.99. The molecule has 3 heterocycles. The van der Waals surface area contributed by atoms with E-state index in [0.717, 1.165) is 57.4 Å². The van der Waals surface area contributed by atoms with E-state index >= 15 is 0 Å². The number of rotatable bonds is 4. The minimum atomic E-state index is -0.799. The molecule has 0 unspecified atom stereocenters. The van der Waals surface area contributed by atoms with Gasteiger partial charge in [-0.3, -0.25) is 14.8 Å². The maximum atomic E-state index is 10.5. The Kier molecular flexibility index (Phi) is 6.80. The maximum absolute atomic E-state index is 10.5. The minimum absolute atomic E-state index is 0.187. The van der Waals surface area contributed by atoms with Gasteiger partial charge in [-0.05, 0) is 87.0 Å². The van der Waals surface area contributed by atoms with Crippen LogP contribution in [0.3, 0.4) is 0 Å². The molecule has 1 aromatic heterocycles. The van der Waals surface area contributed by atoms with Gasteiger partial charge in [-0.15, -0.1) is 0 Å². The van der Waals surface area contributed by atoms with Crippen molar-refractivity contribution in [3.63, 3.8) is 0 Å². The Morgan fingerprint density at radius 2 is 1.70 bits per heavy atom. The van der Waals surface area contributed by atoms with Crippen LogP contribution in [0.15, 0.2) is 48.8 Å². The molecule has 2 saturated heterocycles. The molecule has 1 saturated carbocycles. The molecule has 0 bridgehead atoms. The van der Waals surface area contributed by atoms with Gasteiger partial charge in [-0.25, -0.2) is 0 Å². The molecule has 3 fully saturated rings. The first-order valence-corrected chi connectivity index (χ1v) is 12.5. The number of hydrogen-bond donors (Lipinski definition) is 2. The summed E-state index contributed by atoms with van der Waals surface area (Å²) < 4.78 is 0. The number of aliphatic hydroxyl groups excluding tert-OH is 1. The molecule has 0 spiro atoms. The standard InChI is InChI=1S/C28H35N3O2/c32-21-26-27(24-7-5-22(6-8-24)9-14-28(33)12-1-2-13-28)25-20-30(17-3-4-18-31(25)26)19-23-10-15-29-16-11-23/h5-8,10-11,15-16,25-27,32-33H,1-4,12-13,17-21H2/t25-,26+,27+/m1/s1. The summed E-state index contributed by atoms with van der Waals surface area (Å²) in [5.74, 6) is 6.62. The van der Waals surface area contributed by atoms with Gasteiger partial charge in [0.2, 0.25) is 0 Å². The van der Waals surface area contributed by atoms with Crippen molar-refractivity contribution in [1.82, 2.24) is 14.8 Å². The highest BCUT2D eigenvalue weighted by molar-refractivity contribution is 5.40. The Bertz CT molecular complexity index is 976. The van der Waals surface area contributed by atoms with Gasteiger partial charge in [-0.1, -0.05) is 24.0 Å². The van der Waals surface area contributed by atoms with Crippen molar-refractivity contribution in [2.75, 3.05) is 26.2 Å². The highest BCUT2D eigenvalue weighted by Gasteiger charge is 2.49. The van der Waals surface area contributed by atoms with Crippen LogP contribution in [0.2, 0.25) is 0 Å². The lowest BCUT2D eigenvalue weighted by Gasteiger charge is -2.57. The molecule has 0 radical (unpaired) electrons. The highest BCUT2D eigenvalue weighted by atomic mass is 16.3. The van der Waals surface area contributed by atoms with Crippen LogP contribution in [0.1, 0.15) is 61.1 Å². The Morgan fingerprint density at radius 1 is 0.970 bits per heavy atom. The van der Waals surface area contributed by atoms with Crippen molar-refractivity contribution in [2.24, 2.45) is 0 Å². The van der Waals surface area contributed by atoms with Gasteiger partial charge in [0.25, 0.3) is 0 Å². The van der Waals surface area contributed by atoms with Gasteiger partial charge < -0.3 is 10.2 Å². The van der Waals surface area contributed by atoms with Crippen LogP contribution in [0.4, 0.5) is 0 Å². The van der Waals surface area contributed by atoms with Crippen LogP contribution in [-0.2, 0) is 6.54 Å². The van der Waals surface area contributed by atoms with Gasteiger partial charge in [-0.2, -0.15) is 0 Å². The molecule has 3 aliphatic rings. The Labute approximate surface area is 197 Å². The van der Waals surface area contributed by atoms with Gasteiger partial charge >= 0.3 is 0 Å². The van der Waals surface area contributed by atoms with E-state index in [9.17, 15) is 10.2 Å². The van der Waals surface area contributed by atoms with Crippen molar-refractivity contribution in [3.8, 4) is 11.8 Å². The monoisotopic (exact) mass is 445 g/mol. The molecule has 5 nitrogen and oxygen atoms in total. The van der Waals surface area contributed by atoms with E-state index in [2.05, 4.69) is 63.0 Å². The molecule has 2 aliphatic heterocycles. The first-order chi connectivity index (χ1) is 16.1. The van der Waals surface area contributed by atoms with Crippen molar-refractivity contribution in [2.45, 2.75) is 68.7 Å². The summed E-state index contributed by atoms with van der Waals surface area (Å²) in [6.45, 7) is 4.33. The van der Waals surface area contributed by atoms with Crippen LogP contribution >= 0.6 is 0 Å². The van der Waals surface area contributed by atoms with Crippen LogP contribution in [-0.4, -0.2) is 68.9 Å². The first kappa shape index (κ1) is 22.6. The largest absolute Gasteiger partial charge is 0.395 e. The molecule has 2 N–H and O–H groups in total. The zero-order valence-corrected chi connectivity index (χ0v) is 19.4. The number of aliphatic hydroxyl groups is 2. The molecular weight excluding hydrogens is 410 g/mol. The lowest BCUT2D eigenvalue weighted by molar-refractivity contribution is -0.0655. The average molecular weight is 446 g/mol. The molecular formula is C28H35N3O2. The number of nitrogens with zero attached hydrogens (tertiary/aromatic N) is 3. The predicted molar refractivity (Wildman–Crippen MR) is 130 cm³/mol. The fourth-order valence-corrected chi connectivity index (χ4v) is 5.96. The zero-order chi connectivity index (χ0) is 22.7.